The van der Waals surface area contributed by atoms with Crippen molar-refractivity contribution < 1.29 is 23.9 Å². The Bertz CT molecular complexity index is 989. The van der Waals surface area contributed by atoms with Crippen molar-refractivity contribution in [1.29, 1.82) is 0 Å². The summed E-state index contributed by atoms with van der Waals surface area (Å²) in [6.07, 6.45) is 14.8. The highest BCUT2D eigenvalue weighted by atomic mass is 16.5. The van der Waals surface area contributed by atoms with Crippen LogP contribution in [-0.2, 0) is 19.1 Å². The molecular formula is C36H65N5O5. The van der Waals surface area contributed by atoms with Gasteiger partial charge in [-0.05, 0) is 80.1 Å². The fraction of sp³-hybridized carbons (Fsp3) is 0.889. The van der Waals surface area contributed by atoms with Gasteiger partial charge in [0.15, 0.2) is 0 Å². The van der Waals surface area contributed by atoms with Crippen LogP contribution in [0.2, 0.25) is 0 Å². The van der Waals surface area contributed by atoms with Crippen molar-refractivity contribution in [3.63, 3.8) is 0 Å². The second-order valence-electron chi connectivity index (χ2n) is 15.4. The van der Waals surface area contributed by atoms with Gasteiger partial charge in [0, 0.05) is 38.7 Å². The number of urea groups is 1. The van der Waals surface area contributed by atoms with Crippen LogP contribution in [0.25, 0.3) is 0 Å². The topological polar surface area (TPSA) is 143 Å². The van der Waals surface area contributed by atoms with Gasteiger partial charge in [-0.15, -0.1) is 0 Å². The molecule has 0 heterocycles. The lowest BCUT2D eigenvalue weighted by atomic mass is 9.51. The lowest BCUT2D eigenvalue weighted by Crippen LogP contribution is -2.53. The molecule has 5 N–H and O–H groups in total. The third-order valence-corrected chi connectivity index (χ3v) is 12.4. The third kappa shape index (κ3) is 10.9. The summed E-state index contributed by atoms with van der Waals surface area (Å²) in [5.74, 6) is -0.839. The van der Waals surface area contributed by atoms with Crippen molar-refractivity contribution in [3.8, 4) is 0 Å². The van der Waals surface area contributed by atoms with Crippen molar-refractivity contribution in [2.45, 2.75) is 124 Å². The minimum atomic E-state index is -0.841. The molecule has 3 unspecified atom stereocenters. The number of carbonyl (C=O) groups excluding carboxylic acids is 4. The molecule has 46 heavy (non-hydrogen) atoms. The van der Waals surface area contributed by atoms with Gasteiger partial charge in [0.25, 0.3) is 5.91 Å². The number of methoxy groups -OCH3 is 1. The van der Waals surface area contributed by atoms with Gasteiger partial charge >= 0.3 is 6.03 Å². The third-order valence-electron chi connectivity index (χ3n) is 12.4. The smallest absolute Gasteiger partial charge is 0.315 e. The number of nitrogens with one attached hydrogen (secondary N) is 3. The summed E-state index contributed by atoms with van der Waals surface area (Å²) in [6, 6.07) is -0.291. The largest absolute Gasteiger partial charge is 0.383 e. The van der Waals surface area contributed by atoms with Gasteiger partial charge in [0.05, 0.1) is 13.2 Å². The Morgan fingerprint density at radius 2 is 1.67 bits per heavy atom. The Labute approximate surface area is 278 Å². The van der Waals surface area contributed by atoms with E-state index in [0.29, 0.717) is 31.4 Å². The van der Waals surface area contributed by atoms with Crippen LogP contribution in [-0.4, -0.2) is 81.0 Å². The van der Waals surface area contributed by atoms with Crippen molar-refractivity contribution in [2.75, 3.05) is 46.4 Å². The van der Waals surface area contributed by atoms with E-state index in [1.165, 1.54) is 32.1 Å². The predicted molar refractivity (Wildman–Crippen MR) is 182 cm³/mol. The molecule has 3 fully saturated rings. The summed E-state index contributed by atoms with van der Waals surface area (Å²) in [7, 11) is 1.71. The standard InChI is InChI=1S/C36H65N5O5/c1-6-41(20-21-46-5)25-30(27-14-8-7-9-15-27)40-34(45)39-24-31(42)38-23-29(35(2,3)36(4)18-11-19-36)17-16-28(32(43)33(37)44)22-26-12-10-13-26/h26-30H,6-25H2,1-5H3,(H2,37,44)(H,38,42)(H2,39,40,45). The normalized spacial score (nSPS) is 20.6. The number of nitrogens with two attached hydrogens (primary N) is 1. The van der Waals surface area contributed by atoms with Gasteiger partial charge < -0.3 is 26.4 Å². The highest BCUT2D eigenvalue weighted by Crippen LogP contribution is 2.57. The molecule has 3 aliphatic rings. The molecule has 0 aromatic heterocycles. The number of nitrogens with zero attached hydrogens (tertiary/aromatic N) is 1. The lowest BCUT2D eigenvalue weighted by Gasteiger charge is -2.55. The summed E-state index contributed by atoms with van der Waals surface area (Å²) in [5, 5.41) is 9.12. The number of Topliss-reactive ketones (excluding diaryl/α,β-unsaturated/α-hetero) is 1. The van der Waals surface area contributed by atoms with Crippen LogP contribution < -0.4 is 21.7 Å². The molecule has 3 rings (SSSR count). The molecule has 10 nitrogen and oxygen atoms in total. The van der Waals surface area contributed by atoms with Crippen molar-refractivity contribution >= 4 is 23.6 Å². The van der Waals surface area contributed by atoms with Gasteiger partial charge in [-0.2, -0.15) is 0 Å². The van der Waals surface area contributed by atoms with Gasteiger partial charge in [-0.1, -0.05) is 72.6 Å². The molecule has 0 bridgehead atoms. The maximum absolute atomic E-state index is 13.1. The van der Waals surface area contributed by atoms with E-state index in [1.807, 2.05) is 0 Å². The average molecular weight is 648 g/mol. The summed E-state index contributed by atoms with van der Waals surface area (Å²) in [6.45, 7) is 12.5. The molecule has 0 aromatic carbocycles. The first-order valence-corrected chi connectivity index (χ1v) is 18.3. The van der Waals surface area contributed by atoms with Crippen molar-refractivity contribution in [2.24, 2.45) is 40.2 Å². The number of carbonyl (C=O) groups is 4. The van der Waals surface area contributed by atoms with Crippen LogP contribution in [0.4, 0.5) is 4.79 Å². The van der Waals surface area contributed by atoms with Gasteiger partial charge in [0.1, 0.15) is 0 Å². The molecular weight excluding hydrogens is 582 g/mol. The summed E-state index contributed by atoms with van der Waals surface area (Å²) >= 11 is 0. The Morgan fingerprint density at radius 1 is 0.978 bits per heavy atom. The number of hydrogen-bond acceptors (Lipinski definition) is 6. The molecule has 3 aliphatic carbocycles. The number of hydrogen-bond donors (Lipinski definition) is 4. The minimum absolute atomic E-state index is 0.0181. The van der Waals surface area contributed by atoms with Gasteiger partial charge in [0.2, 0.25) is 11.7 Å². The van der Waals surface area contributed by atoms with E-state index in [9.17, 15) is 19.2 Å². The van der Waals surface area contributed by atoms with Crippen LogP contribution in [0, 0.1) is 34.5 Å². The fourth-order valence-electron chi connectivity index (χ4n) is 8.06. The molecule has 0 saturated heterocycles. The highest BCUT2D eigenvalue weighted by molar-refractivity contribution is 6.36. The SMILES string of the molecule is CCN(CCOC)CC(NC(=O)NCC(=O)NCC(CCC(CC1CCC1)C(=O)C(N)=O)C(C)(C)C1(C)CCC1)C1CCCCC1. The maximum Gasteiger partial charge on any atom is 0.315 e. The zero-order valence-electron chi connectivity index (χ0n) is 29.6. The predicted octanol–water partition coefficient (Wildman–Crippen LogP) is 4.79. The molecule has 3 saturated carbocycles. The summed E-state index contributed by atoms with van der Waals surface area (Å²) in [5.41, 5.74) is 5.52. The average Bonchev–Trinajstić information content (AvgIpc) is 3.00. The summed E-state index contributed by atoms with van der Waals surface area (Å²) in [4.78, 5) is 53.1. The molecule has 0 radical (unpaired) electrons. The van der Waals surface area contributed by atoms with Crippen LogP contribution >= 0.6 is 0 Å². The Morgan fingerprint density at radius 3 is 2.22 bits per heavy atom. The van der Waals surface area contributed by atoms with Crippen LogP contribution in [0.1, 0.15) is 118 Å². The quantitative estimate of drug-likeness (QED) is 0.132. The second kappa shape index (κ2) is 18.4. The van der Waals surface area contributed by atoms with Gasteiger partial charge in [-0.3, -0.25) is 19.3 Å². The zero-order chi connectivity index (χ0) is 33.7. The molecule has 10 heteroatoms. The second-order valence-corrected chi connectivity index (χ2v) is 15.4. The molecule has 0 spiro atoms. The fourth-order valence-corrected chi connectivity index (χ4v) is 8.06. The van der Waals surface area contributed by atoms with Crippen LogP contribution in [0.15, 0.2) is 0 Å². The number of primary amides is 1. The Kier molecular flexibility index (Phi) is 15.3. The Hall–Kier alpha value is -2.20. The minimum Gasteiger partial charge on any atom is -0.383 e. The number of ketones is 1. The first-order chi connectivity index (χ1) is 21.9. The number of ether oxygens (including phenoxy) is 1. The Balaban J connectivity index is 1.57. The van der Waals surface area contributed by atoms with Crippen molar-refractivity contribution in [3.05, 3.63) is 0 Å². The molecule has 0 aromatic rings. The molecule has 0 aliphatic heterocycles. The monoisotopic (exact) mass is 647 g/mol. The van der Waals surface area contributed by atoms with E-state index in [4.69, 9.17) is 10.5 Å². The van der Waals surface area contributed by atoms with Crippen LogP contribution in [0.5, 0.6) is 0 Å². The van der Waals surface area contributed by atoms with Crippen LogP contribution in [0.3, 0.4) is 0 Å². The number of likely N-dealkylation sites (N-methyl/N-ethyl adjacent to an activating group) is 1. The molecule has 4 amide bonds. The molecule has 264 valence electrons. The lowest BCUT2D eigenvalue weighted by molar-refractivity contribution is -0.139. The number of rotatable bonds is 21. The van der Waals surface area contributed by atoms with E-state index in [0.717, 1.165) is 71.0 Å². The van der Waals surface area contributed by atoms with E-state index in [-0.39, 0.29) is 47.2 Å². The van der Waals surface area contributed by atoms with Gasteiger partial charge in [-0.25, -0.2) is 4.79 Å². The van der Waals surface area contributed by atoms with E-state index >= 15 is 0 Å². The first kappa shape index (κ1) is 38.2. The number of amides is 4. The molecule has 3 atom stereocenters. The van der Waals surface area contributed by atoms with E-state index in [1.54, 1.807) is 7.11 Å². The van der Waals surface area contributed by atoms with E-state index in [2.05, 4.69) is 48.5 Å². The summed E-state index contributed by atoms with van der Waals surface area (Å²) < 4.78 is 5.29. The van der Waals surface area contributed by atoms with E-state index < -0.39 is 11.7 Å². The first-order valence-electron chi connectivity index (χ1n) is 18.3. The van der Waals surface area contributed by atoms with Crippen molar-refractivity contribution in [1.82, 2.24) is 20.9 Å². The highest BCUT2D eigenvalue weighted by Gasteiger charge is 2.49. The zero-order valence-corrected chi connectivity index (χ0v) is 29.6. The maximum atomic E-state index is 13.1.